The fraction of sp³-hybridized carbons (Fsp3) is 0.300. The number of nitrogens with one attached hydrogen (secondary N) is 1. The number of hydrogen-bond acceptors (Lipinski definition) is 5. The molecule has 1 aliphatic carbocycles. The molecule has 28 heavy (non-hydrogen) atoms. The van der Waals surface area contributed by atoms with Gasteiger partial charge in [-0.25, -0.2) is 9.97 Å². The van der Waals surface area contributed by atoms with E-state index < -0.39 is 11.9 Å². The first-order valence-corrected chi connectivity index (χ1v) is 8.95. The molecule has 1 aliphatic rings. The zero-order chi connectivity index (χ0) is 19.7. The lowest BCUT2D eigenvalue weighted by Crippen LogP contribution is -2.46. The number of ether oxygens (including phenoxy) is 1. The highest BCUT2D eigenvalue weighted by atomic mass is 19.4. The van der Waals surface area contributed by atoms with Crippen molar-refractivity contribution in [2.75, 3.05) is 5.73 Å². The van der Waals surface area contributed by atoms with Crippen LogP contribution in [0.25, 0.3) is 10.8 Å². The number of benzene rings is 1. The van der Waals surface area contributed by atoms with Crippen LogP contribution in [0.15, 0.2) is 48.8 Å². The smallest absolute Gasteiger partial charge is 0.433 e. The lowest BCUT2D eigenvalue weighted by molar-refractivity contribution is -0.141. The summed E-state index contributed by atoms with van der Waals surface area (Å²) < 4.78 is 43.3. The van der Waals surface area contributed by atoms with E-state index in [1.165, 1.54) is 6.07 Å². The van der Waals surface area contributed by atoms with Crippen molar-refractivity contribution in [3.63, 3.8) is 0 Å². The molecule has 0 unspecified atom stereocenters. The molecular formula is C20H19F3N4O. The highest BCUT2D eigenvalue weighted by Crippen LogP contribution is 2.30. The molecule has 1 fully saturated rings. The lowest BCUT2D eigenvalue weighted by Gasteiger charge is -2.36. The molecule has 5 nitrogen and oxygen atoms in total. The van der Waals surface area contributed by atoms with Crippen molar-refractivity contribution in [2.45, 2.75) is 37.7 Å². The number of nitrogens with two attached hydrogens (primary N) is 1. The van der Waals surface area contributed by atoms with Crippen LogP contribution in [0.1, 0.15) is 24.1 Å². The van der Waals surface area contributed by atoms with Crippen molar-refractivity contribution in [1.29, 1.82) is 0 Å². The summed E-state index contributed by atoms with van der Waals surface area (Å²) in [5.41, 5.74) is 6.02. The van der Waals surface area contributed by atoms with Gasteiger partial charge in [-0.1, -0.05) is 18.2 Å². The second-order valence-corrected chi connectivity index (χ2v) is 6.91. The molecular weight excluding hydrogens is 369 g/mol. The maximum absolute atomic E-state index is 12.5. The number of rotatable bonds is 5. The molecule has 0 atom stereocenters. The van der Waals surface area contributed by atoms with Crippen LogP contribution in [-0.4, -0.2) is 22.1 Å². The number of nitrogen functional groups attached to an aromatic ring is 1. The summed E-state index contributed by atoms with van der Waals surface area (Å²) >= 11 is 0. The van der Waals surface area contributed by atoms with Gasteiger partial charge in [0, 0.05) is 24.2 Å². The van der Waals surface area contributed by atoms with Crippen LogP contribution >= 0.6 is 0 Å². The number of anilines is 1. The normalized spacial score (nSPS) is 19.4. The molecule has 0 amide bonds. The minimum atomic E-state index is -4.44. The van der Waals surface area contributed by atoms with Crippen molar-refractivity contribution in [1.82, 2.24) is 15.3 Å². The van der Waals surface area contributed by atoms with Crippen molar-refractivity contribution < 1.29 is 17.9 Å². The molecule has 0 bridgehead atoms. The third-order valence-electron chi connectivity index (χ3n) is 4.88. The summed E-state index contributed by atoms with van der Waals surface area (Å²) in [4.78, 5) is 7.52. The summed E-state index contributed by atoms with van der Waals surface area (Å²) in [6, 6.07) is 10.4. The minimum Gasteiger partial charge on any atom is -0.489 e. The highest BCUT2D eigenvalue weighted by Gasteiger charge is 2.33. The number of alkyl halides is 3. The molecule has 3 aromatic rings. The Kier molecular flexibility index (Phi) is 4.80. The predicted octanol–water partition coefficient (Wildman–Crippen LogP) is 3.93. The first kappa shape index (κ1) is 18.5. The van der Waals surface area contributed by atoms with Gasteiger partial charge >= 0.3 is 6.18 Å². The fourth-order valence-corrected chi connectivity index (χ4v) is 3.30. The van der Waals surface area contributed by atoms with Gasteiger partial charge in [0.05, 0.1) is 6.20 Å². The van der Waals surface area contributed by atoms with E-state index in [2.05, 4.69) is 21.4 Å². The zero-order valence-corrected chi connectivity index (χ0v) is 14.9. The summed E-state index contributed by atoms with van der Waals surface area (Å²) in [6.45, 7) is 0.694. The predicted molar refractivity (Wildman–Crippen MR) is 99.7 cm³/mol. The van der Waals surface area contributed by atoms with E-state index >= 15 is 0 Å². The van der Waals surface area contributed by atoms with Gasteiger partial charge in [-0.2, -0.15) is 13.2 Å². The Labute approximate surface area is 159 Å². The van der Waals surface area contributed by atoms with Crippen LogP contribution in [0.3, 0.4) is 0 Å². The van der Waals surface area contributed by atoms with E-state index in [0.717, 1.165) is 41.4 Å². The van der Waals surface area contributed by atoms with E-state index in [1.807, 2.05) is 18.2 Å². The Hall–Kier alpha value is -2.87. The number of halogens is 3. The highest BCUT2D eigenvalue weighted by molar-refractivity contribution is 5.86. The van der Waals surface area contributed by atoms with Gasteiger partial charge in [-0.3, -0.25) is 0 Å². The number of nitrogens with zero attached hydrogens (tertiary/aromatic N) is 2. The van der Waals surface area contributed by atoms with E-state index in [1.54, 1.807) is 6.20 Å². The Morgan fingerprint density at radius 3 is 2.64 bits per heavy atom. The Morgan fingerprint density at radius 2 is 1.93 bits per heavy atom. The average Bonchev–Trinajstić information content (AvgIpc) is 2.63. The molecule has 8 heteroatoms. The monoisotopic (exact) mass is 388 g/mol. The summed E-state index contributed by atoms with van der Waals surface area (Å²) in [7, 11) is 0. The molecule has 0 aliphatic heterocycles. The van der Waals surface area contributed by atoms with Crippen LogP contribution < -0.4 is 15.8 Å². The summed E-state index contributed by atoms with van der Waals surface area (Å²) in [5.74, 6) is 0.843. The van der Waals surface area contributed by atoms with Crippen molar-refractivity contribution in [3.8, 4) is 5.75 Å². The van der Waals surface area contributed by atoms with Gasteiger partial charge in [0.1, 0.15) is 23.4 Å². The molecule has 146 valence electrons. The van der Waals surface area contributed by atoms with Crippen LogP contribution in [0, 0.1) is 0 Å². The topological polar surface area (TPSA) is 73.1 Å². The largest absolute Gasteiger partial charge is 0.489 e. The molecule has 4 rings (SSSR count). The average molecular weight is 388 g/mol. The van der Waals surface area contributed by atoms with Crippen molar-refractivity contribution in [2.24, 2.45) is 0 Å². The van der Waals surface area contributed by atoms with E-state index in [4.69, 9.17) is 10.5 Å². The first-order valence-electron chi connectivity index (χ1n) is 8.95. The fourth-order valence-electron chi connectivity index (χ4n) is 3.30. The molecule has 1 saturated carbocycles. The number of fused-ring (bicyclic) bond motifs is 1. The second kappa shape index (κ2) is 7.27. The van der Waals surface area contributed by atoms with Gasteiger partial charge in [-0.15, -0.1) is 0 Å². The molecule has 0 radical (unpaired) electrons. The maximum atomic E-state index is 12.5. The van der Waals surface area contributed by atoms with Crippen LogP contribution in [-0.2, 0) is 12.7 Å². The minimum absolute atomic E-state index is 0.0246. The number of hydrogen-bond donors (Lipinski definition) is 2. The summed E-state index contributed by atoms with van der Waals surface area (Å²) in [6.07, 6.45) is -0.00189. The zero-order valence-electron chi connectivity index (χ0n) is 14.9. The van der Waals surface area contributed by atoms with Crippen LogP contribution in [0.2, 0.25) is 0 Å². The van der Waals surface area contributed by atoms with Crippen LogP contribution in [0.4, 0.5) is 19.0 Å². The molecule has 3 N–H and O–H groups in total. The standard InChI is InChI=1S/C20H19F3N4O/c21-20(22,23)18-5-4-15(11-26-18)28-16-6-14(7-16)25-9-12-2-1-3-13-10-27-19(24)8-17(12)13/h1-5,8,10-11,14,16,25H,6-7,9H2,(H2,24,27)/t14-,16-. The van der Waals surface area contributed by atoms with Gasteiger partial charge in [0.15, 0.2) is 0 Å². The third kappa shape index (κ3) is 4.01. The van der Waals surface area contributed by atoms with E-state index in [9.17, 15) is 13.2 Å². The molecule has 1 aromatic carbocycles. The van der Waals surface area contributed by atoms with E-state index in [0.29, 0.717) is 24.2 Å². The first-order chi connectivity index (χ1) is 13.4. The van der Waals surface area contributed by atoms with Gasteiger partial charge < -0.3 is 15.8 Å². The Balaban J connectivity index is 1.29. The maximum Gasteiger partial charge on any atom is 0.433 e. The molecule has 2 heterocycles. The second-order valence-electron chi connectivity index (χ2n) is 6.91. The van der Waals surface area contributed by atoms with Crippen LogP contribution in [0.5, 0.6) is 5.75 Å². The summed E-state index contributed by atoms with van der Waals surface area (Å²) in [5, 5.41) is 5.60. The molecule has 0 saturated heterocycles. The third-order valence-corrected chi connectivity index (χ3v) is 4.88. The SMILES string of the molecule is Nc1cc2c(CN[C@H]3C[C@H](Oc4ccc(C(F)(F)F)nc4)C3)cccc2cn1. The van der Waals surface area contributed by atoms with Gasteiger partial charge in [-0.05, 0) is 42.0 Å². The number of pyridine rings is 2. The Bertz CT molecular complexity index is 969. The van der Waals surface area contributed by atoms with E-state index in [-0.39, 0.29) is 6.10 Å². The van der Waals surface area contributed by atoms with Gasteiger partial charge in [0.2, 0.25) is 0 Å². The van der Waals surface area contributed by atoms with Crippen molar-refractivity contribution >= 4 is 16.6 Å². The van der Waals surface area contributed by atoms with Gasteiger partial charge in [0.25, 0.3) is 0 Å². The Morgan fingerprint density at radius 1 is 1.11 bits per heavy atom. The lowest BCUT2D eigenvalue weighted by atomic mass is 9.89. The molecule has 2 aromatic heterocycles. The van der Waals surface area contributed by atoms with Crippen molar-refractivity contribution in [3.05, 3.63) is 60.0 Å². The quantitative estimate of drug-likeness (QED) is 0.693. The number of aromatic nitrogens is 2. The molecule has 0 spiro atoms.